The van der Waals surface area contributed by atoms with Crippen LogP contribution >= 0.6 is 0 Å². The van der Waals surface area contributed by atoms with Crippen LogP contribution in [-0.4, -0.2) is 47.0 Å². The summed E-state index contributed by atoms with van der Waals surface area (Å²) in [5.41, 5.74) is 4.78. The third-order valence-electron chi connectivity index (χ3n) is 4.23. The van der Waals surface area contributed by atoms with Gasteiger partial charge in [0.1, 0.15) is 5.82 Å². The van der Waals surface area contributed by atoms with Gasteiger partial charge >= 0.3 is 6.18 Å². The van der Waals surface area contributed by atoms with Gasteiger partial charge in [0.2, 0.25) is 5.95 Å². The summed E-state index contributed by atoms with van der Waals surface area (Å²) in [7, 11) is 0. The van der Waals surface area contributed by atoms with Gasteiger partial charge in [-0.3, -0.25) is 0 Å². The number of hydrogen-bond donors (Lipinski definition) is 1. The summed E-state index contributed by atoms with van der Waals surface area (Å²) >= 11 is 0. The van der Waals surface area contributed by atoms with E-state index in [-0.39, 0.29) is 18.1 Å². The van der Waals surface area contributed by atoms with Crippen molar-refractivity contribution in [3.05, 3.63) is 53.6 Å². The van der Waals surface area contributed by atoms with Crippen LogP contribution in [-0.2, 0) is 12.7 Å². The Morgan fingerprint density at radius 2 is 1.78 bits per heavy atom. The van der Waals surface area contributed by atoms with Crippen molar-refractivity contribution in [3.63, 3.8) is 0 Å². The quantitative estimate of drug-likeness (QED) is 0.501. The lowest BCUT2D eigenvalue weighted by molar-refractivity contribution is -0.138. The van der Waals surface area contributed by atoms with Crippen molar-refractivity contribution >= 4 is 11.9 Å². The lowest BCUT2D eigenvalue weighted by atomic mass is 10.1. The summed E-state index contributed by atoms with van der Waals surface area (Å²) in [4.78, 5) is 16.2. The van der Waals surface area contributed by atoms with Crippen LogP contribution in [0.2, 0.25) is 0 Å². The number of piperazine rings is 1. The fourth-order valence-electron chi connectivity index (χ4n) is 2.81. The highest BCUT2D eigenvalue weighted by Crippen LogP contribution is 2.32. The van der Waals surface area contributed by atoms with Crippen LogP contribution < -0.4 is 10.6 Å². The normalized spacial score (nSPS) is 15.9. The third kappa shape index (κ3) is 4.63. The maximum atomic E-state index is 13.2. The number of benzene rings is 1. The van der Waals surface area contributed by atoms with E-state index in [1.165, 1.54) is 0 Å². The fourth-order valence-corrected chi connectivity index (χ4v) is 2.81. The number of rotatable bonds is 3. The summed E-state index contributed by atoms with van der Waals surface area (Å²) < 4.78 is 52.3. The highest BCUT2D eigenvalue weighted by atomic mass is 19.4. The molecule has 1 aliphatic rings. The highest BCUT2D eigenvalue weighted by Gasteiger charge is 2.33. The van der Waals surface area contributed by atoms with E-state index in [1.807, 2.05) is 4.90 Å². The summed E-state index contributed by atoms with van der Waals surface area (Å²) in [5.74, 6) is -0.169. The minimum absolute atomic E-state index is 0.122. The number of halogens is 4. The zero-order valence-electron chi connectivity index (χ0n) is 14.3. The Labute approximate surface area is 153 Å². The number of hydrogen-bond acceptors (Lipinski definition) is 4. The Hall–Kier alpha value is -2.91. The van der Waals surface area contributed by atoms with Gasteiger partial charge in [-0.05, 0) is 23.8 Å². The molecule has 2 aromatic rings. The van der Waals surface area contributed by atoms with E-state index < -0.39 is 17.6 Å². The standard InChI is InChI=1S/C17H18F4N6/c18-13-3-2-12(14(10-13)17(19,20)21)11-25-15(22)26-6-8-27(9-7-26)16-23-4-1-5-24-16/h1-5,10H,6-9,11H2,(H2,22,25). The molecule has 1 saturated heterocycles. The summed E-state index contributed by atoms with van der Waals surface area (Å²) in [6.07, 6.45) is -1.33. The van der Waals surface area contributed by atoms with Gasteiger partial charge in [-0.2, -0.15) is 13.2 Å². The Kier molecular flexibility index (Phi) is 5.43. The predicted octanol–water partition coefficient (Wildman–Crippen LogP) is 2.27. The average molecular weight is 382 g/mol. The first-order valence-electron chi connectivity index (χ1n) is 8.27. The van der Waals surface area contributed by atoms with Gasteiger partial charge in [0.15, 0.2) is 5.96 Å². The second-order valence-corrected chi connectivity index (χ2v) is 6.00. The van der Waals surface area contributed by atoms with Gasteiger partial charge in [0, 0.05) is 38.6 Å². The number of anilines is 1. The molecule has 2 N–H and O–H groups in total. The summed E-state index contributed by atoms with van der Waals surface area (Å²) in [5, 5.41) is 0. The monoisotopic (exact) mass is 382 g/mol. The van der Waals surface area contributed by atoms with Crippen molar-refractivity contribution in [2.45, 2.75) is 12.7 Å². The van der Waals surface area contributed by atoms with Gasteiger partial charge in [0.25, 0.3) is 0 Å². The van der Waals surface area contributed by atoms with E-state index in [2.05, 4.69) is 15.0 Å². The molecule has 0 bridgehead atoms. The van der Waals surface area contributed by atoms with Crippen molar-refractivity contribution in [3.8, 4) is 0 Å². The average Bonchev–Trinajstić information content (AvgIpc) is 2.67. The number of aliphatic imine (C=N–C) groups is 1. The maximum absolute atomic E-state index is 13.2. The van der Waals surface area contributed by atoms with Gasteiger partial charge < -0.3 is 15.5 Å². The molecule has 0 aliphatic carbocycles. The van der Waals surface area contributed by atoms with Crippen LogP contribution in [0.3, 0.4) is 0 Å². The van der Waals surface area contributed by atoms with E-state index in [9.17, 15) is 17.6 Å². The molecule has 1 aliphatic heterocycles. The molecule has 1 aromatic carbocycles. The third-order valence-corrected chi connectivity index (χ3v) is 4.23. The molecular formula is C17H18F4N6. The molecule has 6 nitrogen and oxygen atoms in total. The Morgan fingerprint density at radius 1 is 1.11 bits per heavy atom. The van der Waals surface area contributed by atoms with Crippen LogP contribution in [0.15, 0.2) is 41.7 Å². The molecule has 10 heteroatoms. The molecule has 0 radical (unpaired) electrons. The molecule has 0 unspecified atom stereocenters. The first-order chi connectivity index (χ1) is 12.8. The lowest BCUT2D eigenvalue weighted by Crippen LogP contribution is -2.51. The van der Waals surface area contributed by atoms with Crippen LogP contribution in [0, 0.1) is 5.82 Å². The molecule has 27 heavy (non-hydrogen) atoms. The minimum Gasteiger partial charge on any atom is -0.370 e. The van der Waals surface area contributed by atoms with Crippen LogP contribution in [0.25, 0.3) is 0 Å². The maximum Gasteiger partial charge on any atom is 0.416 e. The Balaban J connectivity index is 1.64. The molecular weight excluding hydrogens is 364 g/mol. The largest absolute Gasteiger partial charge is 0.416 e. The number of aromatic nitrogens is 2. The van der Waals surface area contributed by atoms with E-state index in [0.29, 0.717) is 38.2 Å². The van der Waals surface area contributed by atoms with Gasteiger partial charge in [-0.15, -0.1) is 0 Å². The molecule has 0 saturated carbocycles. The molecule has 0 atom stereocenters. The van der Waals surface area contributed by atoms with Gasteiger partial charge in [-0.25, -0.2) is 19.4 Å². The SMILES string of the molecule is NC(=NCc1ccc(F)cc1C(F)(F)F)N1CCN(c2ncccn2)CC1. The van der Waals surface area contributed by atoms with E-state index in [1.54, 1.807) is 23.4 Å². The zero-order valence-corrected chi connectivity index (χ0v) is 14.3. The van der Waals surface area contributed by atoms with Crippen LogP contribution in [0.5, 0.6) is 0 Å². The second kappa shape index (κ2) is 7.77. The summed E-state index contributed by atoms with van der Waals surface area (Å²) in [6, 6.07) is 4.27. The van der Waals surface area contributed by atoms with Crippen LogP contribution in [0.1, 0.15) is 11.1 Å². The van der Waals surface area contributed by atoms with Gasteiger partial charge in [-0.1, -0.05) is 6.07 Å². The number of nitrogens with zero attached hydrogens (tertiary/aromatic N) is 5. The Morgan fingerprint density at radius 3 is 2.41 bits per heavy atom. The minimum atomic E-state index is -4.65. The lowest BCUT2D eigenvalue weighted by Gasteiger charge is -2.35. The molecule has 1 aromatic heterocycles. The van der Waals surface area contributed by atoms with Crippen molar-refractivity contribution in [1.82, 2.24) is 14.9 Å². The van der Waals surface area contributed by atoms with Crippen molar-refractivity contribution in [2.24, 2.45) is 10.7 Å². The number of alkyl halides is 3. The van der Waals surface area contributed by atoms with Crippen molar-refractivity contribution < 1.29 is 17.6 Å². The van der Waals surface area contributed by atoms with E-state index in [4.69, 9.17) is 5.73 Å². The van der Waals surface area contributed by atoms with Crippen molar-refractivity contribution in [2.75, 3.05) is 31.1 Å². The molecule has 0 spiro atoms. The van der Waals surface area contributed by atoms with Gasteiger partial charge in [0.05, 0.1) is 12.1 Å². The molecule has 0 amide bonds. The Bertz CT molecular complexity index is 801. The predicted molar refractivity (Wildman–Crippen MR) is 92.5 cm³/mol. The van der Waals surface area contributed by atoms with E-state index in [0.717, 1.165) is 12.1 Å². The fraction of sp³-hybridized carbons (Fsp3) is 0.353. The topological polar surface area (TPSA) is 70.6 Å². The van der Waals surface area contributed by atoms with Crippen molar-refractivity contribution in [1.29, 1.82) is 0 Å². The number of guanidine groups is 1. The first kappa shape index (κ1) is 18.9. The molecule has 144 valence electrons. The van der Waals surface area contributed by atoms with Crippen LogP contribution in [0.4, 0.5) is 23.5 Å². The molecule has 1 fully saturated rings. The smallest absolute Gasteiger partial charge is 0.370 e. The van der Waals surface area contributed by atoms with E-state index >= 15 is 0 Å². The zero-order chi connectivity index (χ0) is 19.4. The molecule has 2 heterocycles. The highest BCUT2D eigenvalue weighted by molar-refractivity contribution is 5.78. The summed E-state index contributed by atoms with van der Waals surface area (Å²) in [6.45, 7) is 2.05. The molecule has 3 rings (SSSR count). The first-order valence-corrected chi connectivity index (χ1v) is 8.27. The number of nitrogens with two attached hydrogens (primary N) is 1. The second-order valence-electron chi connectivity index (χ2n) is 6.00.